The first-order valence-electron chi connectivity index (χ1n) is 8.57. The predicted molar refractivity (Wildman–Crippen MR) is 104 cm³/mol. The average molecular weight is 374 g/mol. The third-order valence-electron chi connectivity index (χ3n) is 4.16. The van der Waals surface area contributed by atoms with Crippen LogP contribution < -0.4 is 4.74 Å². The molecular formula is C20H23O5P. The quantitative estimate of drug-likeness (QED) is 0.350. The molecule has 0 heterocycles. The largest absolute Gasteiger partial charge is 0.490 e. The summed E-state index contributed by atoms with van der Waals surface area (Å²) in [5, 5.41) is 3.83. The van der Waals surface area contributed by atoms with Gasteiger partial charge < -0.3 is 18.9 Å². The van der Waals surface area contributed by atoms with Crippen LogP contribution in [0.15, 0.2) is 48.5 Å². The van der Waals surface area contributed by atoms with Crippen LogP contribution in [-0.2, 0) is 20.0 Å². The van der Waals surface area contributed by atoms with E-state index < -0.39 is 7.60 Å². The van der Waals surface area contributed by atoms with Crippen molar-refractivity contribution in [2.75, 3.05) is 26.9 Å². The van der Waals surface area contributed by atoms with E-state index in [4.69, 9.17) is 14.0 Å². The Balaban J connectivity index is 2.20. The summed E-state index contributed by atoms with van der Waals surface area (Å²) >= 11 is 0. The van der Waals surface area contributed by atoms with E-state index in [1.54, 1.807) is 14.0 Å². The third-order valence-corrected chi connectivity index (χ3v) is 5.56. The van der Waals surface area contributed by atoms with Gasteiger partial charge in [0.05, 0.1) is 19.4 Å². The van der Waals surface area contributed by atoms with E-state index >= 15 is 0 Å². The van der Waals surface area contributed by atoms with Crippen molar-refractivity contribution in [3.63, 3.8) is 0 Å². The van der Waals surface area contributed by atoms with E-state index in [-0.39, 0.29) is 12.8 Å². The van der Waals surface area contributed by atoms with E-state index in [1.165, 1.54) is 0 Å². The summed E-state index contributed by atoms with van der Waals surface area (Å²) in [6, 6.07) is 15.7. The van der Waals surface area contributed by atoms with E-state index in [9.17, 15) is 9.46 Å². The lowest BCUT2D eigenvalue weighted by Crippen LogP contribution is -2.06. The molecule has 26 heavy (non-hydrogen) atoms. The number of methoxy groups -OCH3 is 1. The summed E-state index contributed by atoms with van der Waals surface area (Å²) in [6.45, 7) is 2.76. The van der Waals surface area contributed by atoms with Crippen molar-refractivity contribution < 1.29 is 23.5 Å². The molecule has 0 aliphatic heterocycles. The SMILES string of the molecule is CCOP(=O)(O)Cc1cccc2cc3ccccc3c(OCCOC)c12. The van der Waals surface area contributed by atoms with Gasteiger partial charge in [-0.1, -0.05) is 42.5 Å². The van der Waals surface area contributed by atoms with Crippen molar-refractivity contribution in [1.82, 2.24) is 0 Å². The second-order valence-corrected chi connectivity index (χ2v) is 7.85. The summed E-state index contributed by atoms with van der Waals surface area (Å²) < 4.78 is 28.5. The van der Waals surface area contributed by atoms with Gasteiger partial charge in [0, 0.05) is 17.9 Å². The first-order valence-corrected chi connectivity index (χ1v) is 10.3. The Labute approximate surface area is 153 Å². The van der Waals surface area contributed by atoms with Crippen molar-refractivity contribution in [3.05, 3.63) is 54.1 Å². The highest BCUT2D eigenvalue weighted by Gasteiger charge is 2.22. The van der Waals surface area contributed by atoms with Gasteiger partial charge in [0.1, 0.15) is 12.4 Å². The minimum absolute atomic E-state index is 0.0584. The van der Waals surface area contributed by atoms with Gasteiger partial charge in [-0.05, 0) is 29.3 Å². The molecule has 3 aromatic carbocycles. The summed E-state index contributed by atoms with van der Waals surface area (Å²) in [6.07, 6.45) is -0.0584. The smallest absolute Gasteiger partial charge is 0.332 e. The monoisotopic (exact) mass is 374 g/mol. The Bertz CT molecular complexity index is 953. The molecule has 0 fully saturated rings. The van der Waals surface area contributed by atoms with Gasteiger partial charge in [-0.15, -0.1) is 0 Å². The molecule has 1 atom stereocenters. The minimum Gasteiger partial charge on any atom is -0.490 e. The van der Waals surface area contributed by atoms with Gasteiger partial charge in [-0.25, -0.2) is 0 Å². The molecule has 0 bridgehead atoms. The second-order valence-electron chi connectivity index (χ2n) is 6.00. The zero-order valence-electron chi connectivity index (χ0n) is 15.0. The molecule has 1 unspecified atom stereocenters. The lowest BCUT2D eigenvalue weighted by Gasteiger charge is -2.17. The summed E-state index contributed by atoms with van der Waals surface area (Å²) in [7, 11) is -2.09. The maximum absolute atomic E-state index is 12.3. The van der Waals surface area contributed by atoms with Crippen molar-refractivity contribution in [1.29, 1.82) is 0 Å². The average Bonchev–Trinajstić information content (AvgIpc) is 2.61. The van der Waals surface area contributed by atoms with E-state index in [2.05, 4.69) is 6.07 Å². The van der Waals surface area contributed by atoms with Crippen LogP contribution in [0, 0.1) is 0 Å². The molecule has 3 aromatic rings. The number of fused-ring (bicyclic) bond motifs is 2. The van der Waals surface area contributed by atoms with Crippen molar-refractivity contribution in [2.24, 2.45) is 0 Å². The fraction of sp³-hybridized carbons (Fsp3) is 0.300. The molecule has 0 saturated heterocycles. The molecule has 3 rings (SSSR count). The molecule has 0 aromatic heterocycles. The van der Waals surface area contributed by atoms with E-state index in [0.29, 0.717) is 19.0 Å². The molecule has 0 amide bonds. The van der Waals surface area contributed by atoms with Crippen LogP contribution in [0.2, 0.25) is 0 Å². The fourth-order valence-electron chi connectivity index (χ4n) is 3.12. The molecule has 0 spiro atoms. The highest BCUT2D eigenvalue weighted by molar-refractivity contribution is 7.52. The van der Waals surface area contributed by atoms with Crippen LogP contribution in [0.3, 0.4) is 0 Å². The van der Waals surface area contributed by atoms with Crippen LogP contribution in [0.1, 0.15) is 12.5 Å². The predicted octanol–water partition coefficient (Wildman–Crippen LogP) is 4.74. The fourth-order valence-corrected chi connectivity index (χ4v) is 4.31. The third kappa shape index (κ3) is 4.08. The van der Waals surface area contributed by atoms with Gasteiger partial charge in [0.25, 0.3) is 0 Å². The van der Waals surface area contributed by atoms with Gasteiger partial charge in [-0.3, -0.25) is 4.57 Å². The first kappa shape index (κ1) is 18.9. The van der Waals surface area contributed by atoms with Crippen LogP contribution >= 0.6 is 7.60 Å². The Kier molecular flexibility index (Phi) is 5.94. The van der Waals surface area contributed by atoms with E-state index in [1.807, 2.05) is 42.5 Å². The minimum atomic E-state index is -3.71. The Morgan fingerprint density at radius 3 is 2.58 bits per heavy atom. The summed E-state index contributed by atoms with van der Waals surface area (Å²) in [5.74, 6) is 0.710. The van der Waals surface area contributed by atoms with Crippen molar-refractivity contribution >= 4 is 29.1 Å². The Morgan fingerprint density at radius 2 is 1.81 bits per heavy atom. The lowest BCUT2D eigenvalue weighted by atomic mass is 9.99. The number of hydrogen-bond donors (Lipinski definition) is 1. The molecular weight excluding hydrogens is 351 g/mol. The second kappa shape index (κ2) is 8.19. The molecule has 0 aliphatic carbocycles. The maximum atomic E-state index is 12.3. The van der Waals surface area contributed by atoms with Gasteiger partial charge >= 0.3 is 7.60 Å². The molecule has 0 saturated carbocycles. The normalized spacial score (nSPS) is 13.8. The molecule has 138 valence electrons. The Morgan fingerprint density at radius 1 is 1.04 bits per heavy atom. The number of ether oxygens (including phenoxy) is 2. The van der Waals surface area contributed by atoms with Gasteiger partial charge in [0.2, 0.25) is 0 Å². The highest BCUT2D eigenvalue weighted by atomic mass is 31.2. The van der Waals surface area contributed by atoms with Crippen LogP contribution in [0.5, 0.6) is 5.75 Å². The van der Waals surface area contributed by atoms with Crippen molar-refractivity contribution in [3.8, 4) is 5.75 Å². The molecule has 1 N–H and O–H groups in total. The van der Waals surface area contributed by atoms with Crippen LogP contribution in [0.4, 0.5) is 0 Å². The van der Waals surface area contributed by atoms with Crippen LogP contribution in [-0.4, -0.2) is 31.8 Å². The Hall–Kier alpha value is -1.91. The highest BCUT2D eigenvalue weighted by Crippen LogP contribution is 2.48. The first-order chi connectivity index (χ1) is 12.6. The van der Waals surface area contributed by atoms with Gasteiger partial charge in [0.15, 0.2) is 0 Å². The topological polar surface area (TPSA) is 65.0 Å². The number of rotatable bonds is 8. The molecule has 0 aliphatic rings. The van der Waals surface area contributed by atoms with Gasteiger partial charge in [-0.2, -0.15) is 0 Å². The van der Waals surface area contributed by atoms with Crippen molar-refractivity contribution in [2.45, 2.75) is 13.1 Å². The standard InChI is InChI=1S/C20H23O5P/c1-3-25-26(21,22)14-17-9-6-8-16-13-15-7-4-5-10-18(15)20(19(16)17)24-12-11-23-2/h4-10,13H,3,11-12,14H2,1-2H3,(H,21,22). The number of benzene rings is 3. The molecule has 0 radical (unpaired) electrons. The lowest BCUT2D eigenvalue weighted by molar-refractivity contribution is 0.148. The summed E-state index contributed by atoms with van der Waals surface area (Å²) in [5.41, 5.74) is 0.736. The zero-order chi connectivity index (χ0) is 18.6. The molecule has 5 nitrogen and oxygen atoms in total. The maximum Gasteiger partial charge on any atom is 0.332 e. The van der Waals surface area contributed by atoms with E-state index in [0.717, 1.165) is 27.1 Å². The van der Waals surface area contributed by atoms with Crippen LogP contribution in [0.25, 0.3) is 21.5 Å². The number of hydrogen-bond acceptors (Lipinski definition) is 4. The zero-order valence-corrected chi connectivity index (χ0v) is 15.9. The summed E-state index contributed by atoms with van der Waals surface area (Å²) in [4.78, 5) is 10.1. The molecule has 6 heteroatoms.